The Morgan fingerprint density at radius 1 is 1.32 bits per heavy atom. The molecule has 2 heterocycles. The minimum Gasteiger partial charge on any atom is -0.359 e. The molecule has 2 aliphatic rings. The van der Waals surface area contributed by atoms with E-state index in [-0.39, 0.29) is 11.7 Å². The number of halogens is 1. The van der Waals surface area contributed by atoms with Gasteiger partial charge in [-0.15, -0.1) is 0 Å². The highest BCUT2D eigenvalue weighted by Crippen LogP contribution is 2.35. The van der Waals surface area contributed by atoms with E-state index in [2.05, 4.69) is 23.3 Å². The second-order valence-electron chi connectivity index (χ2n) is 6.15. The number of aromatic nitrogens is 1. The molecule has 1 unspecified atom stereocenters. The van der Waals surface area contributed by atoms with Crippen molar-refractivity contribution in [1.29, 1.82) is 0 Å². The minimum atomic E-state index is -0.333. The van der Waals surface area contributed by atoms with E-state index in [9.17, 15) is 9.18 Å². The summed E-state index contributed by atoms with van der Waals surface area (Å²) in [7, 11) is 0. The summed E-state index contributed by atoms with van der Waals surface area (Å²) in [5, 5.41) is 2.78. The Kier molecular flexibility index (Phi) is 2.93. The summed E-state index contributed by atoms with van der Waals surface area (Å²) < 4.78 is 13.5. The lowest BCUT2D eigenvalue weighted by Gasteiger charge is -2.17. The number of hydrogen-bond donors (Lipinski definition) is 2. The van der Waals surface area contributed by atoms with Crippen LogP contribution in [0.3, 0.4) is 0 Å². The van der Waals surface area contributed by atoms with Gasteiger partial charge in [0.05, 0.1) is 5.57 Å². The van der Waals surface area contributed by atoms with Crippen LogP contribution in [0.25, 0.3) is 11.6 Å². The van der Waals surface area contributed by atoms with E-state index >= 15 is 0 Å². The van der Waals surface area contributed by atoms with Crippen LogP contribution in [0.1, 0.15) is 48.2 Å². The van der Waals surface area contributed by atoms with E-state index in [0.29, 0.717) is 22.7 Å². The molecular formula is C18H17FN2O. The number of carbonyl (C=O) groups is 1. The molecule has 0 radical (unpaired) electrons. The number of hydrogen-bond acceptors (Lipinski definition) is 1. The number of carbonyl (C=O) groups excluding carboxylic acids is 1. The molecule has 1 aliphatic carbocycles. The van der Waals surface area contributed by atoms with Crippen molar-refractivity contribution < 1.29 is 9.18 Å². The fourth-order valence-corrected chi connectivity index (χ4v) is 3.46. The molecule has 112 valence electrons. The van der Waals surface area contributed by atoms with Crippen molar-refractivity contribution in [2.75, 3.05) is 5.32 Å². The molecule has 1 aromatic heterocycles. The third-order valence-electron chi connectivity index (χ3n) is 4.61. The van der Waals surface area contributed by atoms with Gasteiger partial charge in [0.25, 0.3) is 5.91 Å². The zero-order valence-electron chi connectivity index (χ0n) is 12.4. The molecule has 0 spiro atoms. The first-order valence-corrected chi connectivity index (χ1v) is 7.66. The van der Waals surface area contributed by atoms with E-state index in [1.165, 1.54) is 36.2 Å². The van der Waals surface area contributed by atoms with E-state index in [4.69, 9.17) is 0 Å². The van der Waals surface area contributed by atoms with Gasteiger partial charge in [0.2, 0.25) is 0 Å². The summed E-state index contributed by atoms with van der Waals surface area (Å²) in [6, 6.07) is 6.49. The maximum atomic E-state index is 13.5. The van der Waals surface area contributed by atoms with Crippen LogP contribution in [0.15, 0.2) is 24.3 Å². The summed E-state index contributed by atoms with van der Waals surface area (Å²) >= 11 is 0. The molecule has 4 heteroatoms. The Bertz CT molecular complexity index is 803. The van der Waals surface area contributed by atoms with Gasteiger partial charge < -0.3 is 10.3 Å². The van der Waals surface area contributed by atoms with Gasteiger partial charge in [-0.3, -0.25) is 4.79 Å². The number of H-pyrrole nitrogens is 1. The zero-order valence-corrected chi connectivity index (χ0v) is 12.4. The summed E-state index contributed by atoms with van der Waals surface area (Å²) in [6.07, 6.45) is 5.28. The van der Waals surface area contributed by atoms with E-state index in [1.807, 2.05) is 6.08 Å². The Morgan fingerprint density at radius 2 is 2.18 bits per heavy atom. The molecule has 1 aliphatic heterocycles. The van der Waals surface area contributed by atoms with Crippen molar-refractivity contribution in [2.45, 2.75) is 32.1 Å². The van der Waals surface area contributed by atoms with Crippen molar-refractivity contribution >= 4 is 23.2 Å². The number of aromatic amines is 1. The summed E-state index contributed by atoms with van der Waals surface area (Å²) in [6.45, 7) is 2.23. The van der Waals surface area contributed by atoms with Crippen LogP contribution >= 0.6 is 0 Å². The number of anilines is 1. The van der Waals surface area contributed by atoms with Gasteiger partial charge in [0.1, 0.15) is 5.82 Å². The van der Waals surface area contributed by atoms with E-state index in [0.717, 1.165) is 12.1 Å². The summed E-state index contributed by atoms with van der Waals surface area (Å²) in [5.74, 6) is 0.0380. The molecule has 0 fully saturated rings. The Morgan fingerprint density at radius 3 is 3.00 bits per heavy atom. The second-order valence-corrected chi connectivity index (χ2v) is 6.15. The average molecular weight is 296 g/mol. The normalized spacial score (nSPS) is 21.6. The lowest BCUT2D eigenvalue weighted by molar-refractivity contribution is -0.110. The number of benzene rings is 1. The van der Waals surface area contributed by atoms with E-state index in [1.54, 1.807) is 6.07 Å². The van der Waals surface area contributed by atoms with Crippen LogP contribution in [0.2, 0.25) is 0 Å². The Balaban J connectivity index is 1.78. The minimum absolute atomic E-state index is 0.179. The smallest absolute Gasteiger partial charge is 0.256 e. The fraction of sp³-hybridized carbons (Fsp3) is 0.278. The molecule has 2 N–H and O–H groups in total. The van der Waals surface area contributed by atoms with Gasteiger partial charge in [-0.25, -0.2) is 4.39 Å². The molecule has 1 atom stereocenters. The van der Waals surface area contributed by atoms with Crippen molar-refractivity contribution in [3.63, 3.8) is 0 Å². The standard InChI is InChI=1S/C18H17FN2O/c1-10-3-2-4-16-13(10)8-12(20-16)9-15-14-7-11(19)5-6-17(14)21-18(15)22/h5-10,20H,2-4H2,1H3,(H,21,22). The number of fused-ring (bicyclic) bond motifs is 2. The van der Waals surface area contributed by atoms with Crippen LogP contribution in [0.5, 0.6) is 0 Å². The Hall–Kier alpha value is -2.36. The lowest BCUT2D eigenvalue weighted by Crippen LogP contribution is -2.04. The molecule has 0 bridgehead atoms. The molecule has 4 rings (SSSR count). The van der Waals surface area contributed by atoms with Crippen LogP contribution in [0, 0.1) is 5.82 Å². The number of rotatable bonds is 1. The van der Waals surface area contributed by atoms with Crippen LogP contribution < -0.4 is 5.32 Å². The average Bonchev–Trinajstić information content (AvgIpc) is 3.03. The predicted molar refractivity (Wildman–Crippen MR) is 85.0 cm³/mol. The first-order chi connectivity index (χ1) is 10.6. The topological polar surface area (TPSA) is 44.9 Å². The quantitative estimate of drug-likeness (QED) is 0.765. The highest BCUT2D eigenvalue weighted by Gasteiger charge is 2.25. The van der Waals surface area contributed by atoms with Gasteiger partial charge in [0, 0.05) is 22.6 Å². The maximum absolute atomic E-state index is 13.5. The number of nitrogens with one attached hydrogen (secondary N) is 2. The van der Waals surface area contributed by atoms with Crippen LogP contribution in [-0.2, 0) is 11.2 Å². The SMILES string of the molecule is CC1CCCc2[nH]c(C=C3C(=O)Nc4ccc(F)cc43)cc21. The predicted octanol–water partition coefficient (Wildman–Crippen LogP) is 4.09. The second kappa shape index (κ2) is 4.83. The monoisotopic (exact) mass is 296 g/mol. The van der Waals surface area contributed by atoms with Crippen LogP contribution in [0.4, 0.5) is 10.1 Å². The fourth-order valence-electron chi connectivity index (χ4n) is 3.46. The molecule has 2 aromatic rings. The van der Waals surface area contributed by atoms with Gasteiger partial charge in [-0.2, -0.15) is 0 Å². The van der Waals surface area contributed by atoms with Crippen molar-refractivity contribution in [2.24, 2.45) is 0 Å². The van der Waals surface area contributed by atoms with Crippen LogP contribution in [-0.4, -0.2) is 10.9 Å². The highest BCUT2D eigenvalue weighted by atomic mass is 19.1. The zero-order chi connectivity index (χ0) is 15.3. The first kappa shape index (κ1) is 13.3. The lowest BCUT2D eigenvalue weighted by atomic mass is 9.88. The third-order valence-corrected chi connectivity index (χ3v) is 4.61. The molecule has 0 saturated carbocycles. The van der Waals surface area contributed by atoms with Gasteiger partial charge in [-0.1, -0.05) is 6.92 Å². The van der Waals surface area contributed by atoms with Crippen molar-refractivity contribution in [1.82, 2.24) is 4.98 Å². The largest absolute Gasteiger partial charge is 0.359 e. The third kappa shape index (κ3) is 2.06. The molecule has 1 aromatic carbocycles. The van der Waals surface area contributed by atoms with Crippen molar-refractivity contribution in [3.05, 3.63) is 52.6 Å². The van der Waals surface area contributed by atoms with Gasteiger partial charge in [0.15, 0.2) is 0 Å². The molecule has 0 saturated heterocycles. The number of amides is 1. The van der Waals surface area contributed by atoms with Gasteiger partial charge >= 0.3 is 0 Å². The Labute approximate surface area is 128 Å². The first-order valence-electron chi connectivity index (χ1n) is 7.66. The van der Waals surface area contributed by atoms with Crippen molar-refractivity contribution in [3.8, 4) is 0 Å². The molecule has 3 nitrogen and oxygen atoms in total. The van der Waals surface area contributed by atoms with E-state index < -0.39 is 0 Å². The highest BCUT2D eigenvalue weighted by molar-refractivity contribution is 6.34. The summed E-state index contributed by atoms with van der Waals surface area (Å²) in [4.78, 5) is 15.5. The molecular weight excluding hydrogens is 279 g/mol. The number of aryl methyl sites for hydroxylation is 1. The van der Waals surface area contributed by atoms with Gasteiger partial charge in [-0.05, 0) is 61.1 Å². The summed E-state index contributed by atoms with van der Waals surface area (Å²) in [5.41, 5.74) is 5.34. The maximum Gasteiger partial charge on any atom is 0.256 e. The molecule has 22 heavy (non-hydrogen) atoms. The molecule has 1 amide bonds.